The maximum atomic E-state index is 9.53. The number of hydrogen-bond donors (Lipinski definition) is 1. The standard InChI is InChI=1S/C16H17O2P/c1-12(11-17)19(2)16-10-6-4-8-14(16)13-7-3-5-9-15(13)18-19/h3-10,12,17H,2,11H2,1H3. The number of fused-ring (bicyclic) bond motifs is 3. The highest BCUT2D eigenvalue weighted by molar-refractivity contribution is 7.77. The van der Waals surface area contributed by atoms with Crippen molar-refractivity contribution in [1.29, 1.82) is 0 Å². The molecule has 0 bridgehead atoms. The minimum absolute atomic E-state index is 0.0296. The average molecular weight is 272 g/mol. The van der Waals surface area contributed by atoms with E-state index < -0.39 is 7.11 Å². The van der Waals surface area contributed by atoms with Crippen LogP contribution >= 0.6 is 7.11 Å². The van der Waals surface area contributed by atoms with Crippen LogP contribution in [0.15, 0.2) is 48.5 Å². The smallest absolute Gasteiger partial charge is 0.131 e. The Morgan fingerprint density at radius 2 is 1.74 bits per heavy atom. The molecule has 1 aliphatic rings. The number of aliphatic hydroxyl groups is 1. The Morgan fingerprint density at radius 1 is 1.11 bits per heavy atom. The number of para-hydroxylation sites is 1. The first kappa shape index (κ1) is 12.5. The van der Waals surface area contributed by atoms with Gasteiger partial charge in [0.05, 0.1) is 13.7 Å². The van der Waals surface area contributed by atoms with Gasteiger partial charge in [-0.05, 0) is 11.6 Å². The zero-order valence-electron chi connectivity index (χ0n) is 10.9. The Hall–Kier alpha value is -1.50. The fourth-order valence-corrected chi connectivity index (χ4v) is 4.95. The average Bonchev–Trinajstić information content (AvgIpc) is 2.47. The first-order chi connectivity index (χ1) is 9.16. The van der Waals surface area contributed by atoms with E-state index in [1.807, 2.05) is 37.3 Å². The maximum Gasteiger partial charge on any atom is 0.131 e. The monoisotopic (exact) mass is 272 g/mol. The van der Waals surface area contributed by atoms with Gasteiger partial charge in [0.2, 0.25) is 0 Å². The number of benzene rings is 2. The molecule has 0 aromatic heterocycles. The molecule has 0 saturated heterocycles. The summed E-state index contributed by atoms with van der Waals surface area (Å²) in [4.78, 5) is 0. The van der Waals surface area contributed by atoms with Gasteiger partial charge < -0.3 is 9.63 Å². The molecule has 0 spiro atoms. The molecule has 2 atom stereocenters. The Morgan fingerprint density at radius 3 is 2.47 bits per heavy atom. The van der Waals surface area contributed by atoms with Crippen LogP contribution < -0.4 is 9.83 Å². The lowest BCUT2D eigenvalue weighted by Crippen LogP contribution is -2.26. The molecule has 2 nitrogen and oxygen atoms in total. The summed E-state index contributed by atoms with van der Waals surface area (Å²) in [6, 6.07) is 16.3. The van der Waals surface area contributed by atoms with E-state index in [2.05, 4.69) is 24.5 Å². The van der Waals surface area contributed by atoms with Crippen LogP contribution in [0.25, 0.3) is 11.1 Å². The van der Waals surface area contributed by atoms with E-state index in [1.54, 1.807) is 0 Å². The molecule has 0 saturated carbocycles. The van der Waals surface area contributed by atoms with Gasteiger partial charge in [-0.3, -0.25) is 0 Å². The zero-order valence-corrected chi connectivity index (χ0v) is 11.8. The highest BCUT2D eigenvalue weighted by Crippen LogP contribution is 2.56. The Kier molecular flexibility index (Phi) is 3.00. The highest BCUT2D eigenvalue weighted by atomic mass is 31.2. The molecular formula is C16H17O2P. The Balaban J connectivity index is 2.28. The van der Waals surface area contributed by atoms with Crippen molar-refractivity contribution in [3.63, 3.8) is 0 Å². The molecule has 1 heterocycles. The number of aliphatic hydroxyl groups excluding tert-OH is 1. The van der Waals surface area contributed by atoms with E-state index in [9.17, 15) is 5.11 Å². The summed E-state index contributed by atoms with van der Waals surface area (Å²) in [5, 5.41) is 10.7. The van der Waals surface area contributed by atoms with Gasteiger partial charge in [0.1, 0.15) is 5.75 Å². The predicted molar refractivity (Wildman–Crippen MR) is 82.7 cm³/mol. The van der Waals surface area contributed by atoms with E-state index >= 15 is 0 Å². The van der Waals surface area contributed by atoms with E-state index in [1.165, 1.54) is 5.56 Å². The van der Waals surface area contributed by atoms with Crippen LogP contribution in [-0.2, 0) is 0 Å². The minimum Gasteiger partial charge on any atom is -0.472 e. The maximum absolute atomic E-state index is 9.53. The van der Waals surface area contributed by atoms with Crippen LogP contribution in [0.4, 0.5) is 0 Å². The van der Waals surface area contributed by atoms with Crippen molar-refractivity contribution in [2.45, 2.75) is 12.6 Å². The first-order valence-electron chi connectivity index (χ1n) is 6.39. The summed E-state index contributed by atoms with van der Waals surface area (Å²) >= 11 is 0. The topological polar surface area (TPSA) is 29.5 Å². The fourth-order valence-electron chi connectivity index (χ4n) is 2.48. The molecule has 0 radical (unpaired) electrons. The lowest BCUT2D eigenvalue weighted by Gasteiger charge is -2.36. The molecule has 1 aliphatic heterocycles. The second-order valence-electron chi connectivity index (χ2n) is 4.93. The molecule has 2 aromatic carbocycles. The molecule has 2 unspecified atom stereocenters. The van der Waals surface area contributed by atoms with Crippen LogP contribution in [0.3, 0.4) is 0 Å². The van der Waals surface area contributed by atoms with Gasteiger partial charge in [-0.15, -0.1) is 0 Å². The summed E-state index contributed by atoms with van der Waals surface area (Å²) < 4.78 is 6.24. The van der Waals surface area contributed by atoms with Crippen molar-refractivity contribution in [3.8, 4) is 16.9 Å². The fraction of sp³-hybridized carbons (Fsp3) is 0.188. The molecule has 2 aromatic rings. The van der Waals surface area contributed by atoms with Crippen LogP contribution in [-0.4, -0.2) is 23.7 Å². The Bertz CT molecular complexity index is 663. The third kappa shape index (κ3) is 1.83. The molecule has 3 rings (SSSR count). The van der Waals surface area contributed by atoms with Gasteiger partial charge in [-0.1, -0.05) is 55.7 Å². The van der Waals surface area contributed by atoms with Crippen molar-refractivity contribution in [2.75, 3.05) is 6.61 Å². The van der Waals surface area contributed by atoms with Gasteiger partial charge in [0, 0.05) is 16.5 Å². The van der Waals surface area contributed by atoms with Gasteiger partial charge in [0.25, 0.3) is 0 Å². The second-order valence-corrected chi connectivity index (χ2v) is 8.07. The molecule has 1 N–H and O–H groups in total. The van der Waals surface area contributed by atoms with E-state index in [-0.39, 0.29) is 12.3 Å². The van der Waals surface area contributed by atoms with Gasteiger partial charge >= 0.3 is 0 Å². The van der Waals surface area contributed by atoms with Crippen molar-refractivity contribution < 1.29 is 9.63 Å². The molecular weight excluding hydrogens is 255 g/mol. The number of rotatable bonds is 2. The third-order valence-corrected chi connectivity index (χ3v) is 7.04. The van der Waals surface area contributed by atoms with Crippen molar-refractivity contribution in [3.05, 3.63) is 48.5 Å². The summed E-state index contributed by atoms with van der Waals surface area (Å²) in [6.45, 7) is 2.10. The Labute approximate surface area is 113 Å². The van der Waals surface area contributed by atoms with Crippen LogP contribution in [0, 0.1) is 0 Å². The lowest BCUT2D eigenvalue weighted by atomic mass is 10.0. The normalized spacial score (nSPS) is 22.0. The van der Waals surface area contributed by atoms with Gasteiger partial charge in [0.15, 0.2) is 0 Å². The first-order valence-corrected chi connectivity index (χ1v) is 8.35. The molecule has 19 heavy (non-hydrogen) atoms. The summed E-state index contributed by atoms with van der Waals surface area (Å²) in [7, 11) is -2.08. The van der Waals surface area contributed by atoms with Crippen molar-refractivity contribution in [2.24, 2.45) is 0 Å². The second kappa shape index (κ2) is 4.56. The molecule has 98 valence electrons. The van der Waals surface area contributed by atoms with Crippen molar-refractivity contribution in [1.82, 2.24) is 0 Å². The SMILES string of the molecule is C=P1(C(C)CO)Oc2ccccc2-c2ccccc21. The number of hydrogen-bond acceptors (Lipinski definition) is 2. The molecule has 0 aliphatic carbocycles. The lowest BCUT2D eigenvalue weighted by molar-refractivity contribution is 0.295. The quantitative estimate of drug-likeness (QED) is 0.851. The molecule has 0 fully saturated rings. The largest absolute Gasteiger partial charge is 0.472 e. The summed E-state index contributed by atoms with van der Waals surface area (Å²) in [5.74, 6) is 0.879. The van der Waals surface area contributed by atoms with Gasteiger partial charge in [-0.25, -0.2) is 0 Å². The molecule has 0 amide bonds. The minimum atomic E-state index is -2.08. The van der Waals surface area contributed by atoms with E-state index in [0.29, 0.717) is 0 Å². The van der Waals surface area contributed by atoms with Crippen LogP contribution in [0.2, 0.25) is 0 Å². The van der Waals surface area contributed by atoms with E-state index in [0.717, 1.165) is 16.6 Å². The molecule has 3 heteroatoms. The summed E-state index contributed by atoms with van der Waals surface area (Å²) in [6.07, 6.45) is 4.37. The zero-order chi connectivity index (χ0) is 13.5. The van der Waals surface area contributed by atoms with Crippen LogP contribution in [0.5, 0.6) is 5.75 Å². The third-order valence-electron chi connectivity index (χ3n) is 3.73. The van der Waals surface area contributed by atoms with Crippen LogP contribution in [0.1, 0.15) is 6.92 Å². The van der Waals surface area contributed by atoms with E-state index in [4.69, 9.17) is 4.52 Å². The highest BCUT2D eigenvalue weighted by Gasteiger charge is 2.33. The summed E-state index contributed by atoms with van der Waals surface area (Å²) in [5.41, 5.74) is 2.33. The van der Waals surface area contributed by atoms with Gasteiger partial charge in [-0.2, -0.15) is 0 Å². The van der Waals surface area contributed by atoms with Crippen molar-refractivity contribution >= 4 is 18.7 Å². The predicted octanol–water partition coefficient (Wildman–Crippen LogP) is 3.12.